The monoisotopic (exact) mass is 407 g/mol. The molecule has 2 aliphatic rings. The molecule has 1 aromatic carbocycles. The molecule has 2 fully saturated rings. The van der Waals surface area contributed by atoms with E-state index in [1.807, 2.05) is 0 Å². The van der Waals surface area contributed by atoms with E-state index in [9.17, 15) is 19.5 Å². The summed E-state index contributed by atoms with van der Waals surface area (Å²) in [5.74, 6) is -0.815. The van der Waals surface area contributed by atoms with Crippen LogP contribution in [0.15, 0.2) is 28.4 Å². The van der Waals surface area contributed by atoms with E-state index in [-0.39, 0.29) is 23.9 Å². The fourth-order valence-corrected chi connectivity index (χ4v) is 3.27. The Kier molecular flexibility index (Phi) is 5.08. The smallest absolute Gasteiger partial charge is 0.329 e. The maximum absolute atomic E-state index is 12.4. The van der Waals surface area contributed by atoms with Crippen LogP contribution < -0.4 is 5.32 Å². The number of phenols is 1. The number of nitrogens with zero attached hydrogens (tertiary/aromatic N) is 2. The van der Waals surface area contributed by atoms with Gasteiger partial charge in [0, 0.05) is 23.1 Å². The summed E-state index contributed by atoms with van der Waals surface area (Å²) < 4.78 is 0.728. The second-order valence-corrected chi connectivity index (χ2v) is 6.94. The van der Waals surface area contributed by atoms with Crippen LogP contribution in [0.3, 0.4) is 0 Å². The Morgan fingerprint density at radius 1 is 1.24 bits per heavy atom. The van der Waals surface area contributed by atoms with E-state index in [4.69, 9.17) is 0 Å². The van der Waals surface area contributed by atoms with Crippen molar-refractivity contribution in [1.82, 2.24) is 15.1 Å². The van der Waals surface area contributed by atoms with Crippen LogP contribution in [-0.4, -0.2) is 52.4 Å². The number of halogens is 1. The first-order valence-electron chi connectivity index (χ1n) is 8.06. The molecule has 0 atom stereocenters. The van der Waals surface area contributed by atoms with Gasteiger partial charge in [0.25, 0.3) is 5.91 Å². The molecule has 0 bridgehead atoms. The van der Waals surface area contributed by atoms with E-state index in [1.165, 1.54) is 12.1 Å². The maximum Gasteiger partial charge on any atom is 0.329 e. The first kappa shape index (κ1) is 17.5. The normalized spacial score (nSPS) is 19.5. The van der Waals surface area contributed by atoms with Gasteiger partial charge in [-0.2, -0.15) is 0 Å². The van der Waals surface area contributed by atoms with Gasteiger partial charge in [-0.3, -0.25) is 9.59 Å². The zero-order chi connectivity index (χ0) is 18.0. The van der Waals surface area contributed by atoms with Crippen molar-refractivity contribution < 1.29 is 19.5 Å². The number of aromatic hydroxyl groups is 1. The number of hydrogen-bond donors (Lipinski definition) is 2. The van der Waals surface area contributed by atoms with Crippen molar-refractivity contribution in [3.8, 4) is 5.75 Å². The van der Waals surface area contributed by atoms with Crippen LogP contribution in [0.5, 0.6) is 5.75 Å². The third-order valence-electron chi connectivity index (χ3n) is 4.25. The summed E-state index contributed by atoms with van der Waals surface area (Å²) in [5.41, 5.74) is 0.423. The van der Waals surface area contributed by atoms with Crippen molar-refractivity contribution in [3.63, 3.8) is 0 Å². The van der Waals surface area contributed by atoms with Crippen LogP contribution in [0, 0.1) is 0 Å². The van der Waals surface area contributed by atoms with E-state index in [0.717, 1.165) is 28.6 Å². The minimum Gasteiger partial charge on any atom is -0.507 e. The van der Waals surface area contributed by atoms with Gasteiger partial charge in [-0.05, 0) is 43.5 Å². The number of carbonyl (C=O) groups excluding carboxylic acids is 3. The number of likely N-dealkylation sites (tertiary alicyclic amines) is 1. The van der Waals surface area contributed by atoms with Gasteiger partial charge in [0.05, 0.1) is 0 Å². The molecule has 0 aliphatic carbocycles. The van der Waals surface area contributed by atoms with Crippen molar-refractivity contribution in [2.24, 2.45) is 0 Å². The number of rotatable bonds is 3. The number of piperidine rings is 1. The zero-order valence-electron chi connectivity index (χ0n) is 13.5. The molecular weight excluding hydrogens is 390 g/mol. The lowest BCUT2D eigenvalue weighted by Gasteiger charge is -2.27. The van der Waals surface area contributed by atoms with Crippen LogP contribution in [0.2, 0.25) is 0 Å². The Bertz CT molecular complexity index is 756. The number of urea groups is 1. The minimum absolute atomic E-state index is 0.0133. The summed E-state index contributed by atoms with van der Waals surface area (Å²) in [5, 5.41) is 12.3. The van der Waals surface area contributed by atoms with Gasteiger partial charge < -0.3 is 15.3 Å². The SMILES string of the molecule is O=C(CN1C(=O)N/C(=C\c2cc(Br)ccc2O)C1=O)N1CCCCC1. The second kappa shape index (κ2) is 7.26. The van der Waals surface area contributed by atoms with Gasteiger partial charge in [0.1, 0.15) is 18.0 Å². The Morgan fingerprint density at radius 2 is 1.96 bits per heavy atom. The van der Waals surface area contributed by atoms with E-state index in [1.54, 1.807) is 17.0 Å². The first-order chi connectivity index (χ1) is 12.0. The number of amides is 4. The molecule has 0 saturated carbocycles. The number of nitrogens with one attached hydrogen (secondary N) is 1. The van der Waals surface area contributed by atoms with E-state index in [0.29, 0.717) is 18.7 Å². The van der Waals surface area contributed by atoms with Crippen LogP contribution in [0.4, 0.5) is 4.79 Å². The minimum atomic E-state index is -0.629. The van der Waals surface area contributed by atoms with Crippen molar-refractivity contribution in [3.05, 3.63) is 33.9 Å². The lowest BCUT2D eigenvalue weighted by molar-refractivity contribution is -0.136. The third kappa shape index (κ3) is 3.84. The van der Waals surface area contributed by atoms with Crippen LogP contribution in [-0.2, 0) is 9.59 Å². The molecule has 2 heterocycles. The van der Waals surface area contributed by atoms with Crippen LogP contribution >= 0.6 is 15.9 Å². The lowest BCUT2D eigenvalue weighted by Crippen LogP contribution is -2.44. The van der Waals surface area contributed by atoms with Gasteiger partial charge in [-0.1, -0.05) is 15.9 Å². The number of phenolic OH excluding ortho intramolecular Hbond substituents is 1. The van der Waals surface area contributed by atoms with Crippen LogP contribution in [0.1, 0.15) is 24.8 Å². The molecule has 0 aromatic heterocycles. The molecule has 2 saturated heterocycles. The molecule has 1 aromatic rings. The molecule has 8 heteroatoms. The maximum atomic E-state index is 12.4. The van der Waals surface area contributed by atoms with Gasteiger partial charge in [0.15, 0.2) is 0 Å². The van der Waals surface area contributed by atoms with Gasteiger partial charge in [-0.25, -0.2) is 9.69 Å². The average Bonchev–Trinajstić information content (AvgIpc) is 2.86. The number of hydrogen-bond acceptors (Lipinski definition) is 4. The summed E-state index contributed by atoms with van der Waals surface area (Å²) in [4.78, 5) is 39.4. The van der Waals surface area contributed by atoms with Crippen molar-refractivity contribution in [2.45, 2.75) is 19.3 Å². The summed E-state index contributed by atoms with van der Waals surface area (Å²) in [6, 6.07) is 4.14. The molecule has 7 nitrogen and oxygen atoms in total. The van der Waals surface area contributed by atoms with Gasteiger partial charge in [-0.15, -0.1) is 0 Å². The Balaban J connectivity index is 1.74. The molecule has 25 heavy (non-hydrogen) atoms. The fourth-order valence-electron chi connectivity index (χ4n) is 2.89. The predicted molar refractivity (Wildman–Crippen MR) is 94.5 cm³/mol. The van der Waals surface area contributed by atoms with E-state index >= 15 is 0 Å². The molecule has 3 rings (SSSR count). The van der Waals surface area contributed by atoms with E-state index in [2.05, 4.69) is 21.2 Å². The highest BCUT2D eigenvalue weighted by Gasteiger charge is 2.36. The van der Waals surface area contributed by atoms with Crippen molar-refractivity contribution in [2.75, 3.05) is 19.6 Å². The summed E-state index contributed by atoms with van der Waals surface area (Å²) >= 11 is 3.29. The summed E-state index contributed by atoms with van der Waals surface area (Å²) in [7, 11) is 0. The molecule has 0 radical (unpaired) electrons. The molecule has 4 amide bonds. The molecular formula is C17H18BrN3O4. The Morgan fingerprint density at radius 3 is 2.68 bits per heavy atom. The highest BCUT2D eigenvalue weighted by molar-refractivity contribution is 9.10. The summed E-state index contributed by atoms with van der Waals surface area (Å²) in [6.45, 7) is 1.06. The number of imide groups is 1. The first-order valence-corrected chi connectivity index (χ1v) is 8.86. The molecule has 2 N–H and O–H groups in total. The average molecular weight is 408 g/mol. The van der Waals surface area contributed by atoms with Crippen LogP contribution in [0.25, 0.3) is 6.08 Å². The third-order valence-corrected chi connectivity index (χ3v) is 4.75. The number of carbonyl (C=O) groups is 3. The predicted octanol–water partition coefficient (Wildman–Crippen LogP) is 2.06. The standard InChI is InChI=1S/C17H18BrN3O4/c18-12-4-5-14(22)11(8-12)9-13-16(24)21(17(25)19-13)10-15(23)20-6-2-1-3-7-20/h4-5,8-9,22H,1-3,6-7,10H2,(H,19,25)/b13-9-. The molecule has 0 spiro atoms. The highest BCUT2D eigenvalue weighted by atomic mass is 79.9. The second-order valence-electron chi connectivity index (χ2n) is 6.02. The highest BCUT2D eigenvalue weighted by Crippen LogP contribution is 2.25. The van der Waals surface area contributed by atoms with E-state index < -0.39 is 11.9 Å². The van der Waals surface area contributed by atoms with Crippen molar-refractivity contribution >= 4 is 39.9 Å². The Hall–Kier alpha value is -2.35. The Labute approximate surface area is 153 Å². The van der Waals surface area contributed by atoms with Gasteiger partial charge >= 0.3 is 6.03 Å². The molecule has 2 aliphatic heterocycles. The summed E-state index contributed by atoms with van der Waals surface area (Å²) in [6.07, 6.45) is 4.38. The van der Waals surface area contributed by atoms with Crippen molar-refractivity contribution in [1.29, 1.82) is 0 Å². The quantitative estimate of drug-likeness (QED) is 0.592. The van der Waals surface area contributed by atoms with Gasteiger partial charge in [0.2, 0.25) is 5.91 Å². The topological polar surface area (TPSA) is 90.0 Å². The zero-order valence-corrected chi connectivity index (χ0v) is 15.1. The number of benzene rings is 1. The molecule has 132 valence electrons. The lowest BCUT2D eigenvalue weighted by atomic mass is 10.1. The fraction of sp³-hybridized carbons (Fsp3) is 0.353. The largest absolute Gasteiger partial charge is 0.507 e. The molecule has 0 unspecified atom stereocenters.